The van der Waals surface area contributed by atoms with E-state index in [0.717, 1.165) is 37.8 Å². The number of halogens is 3. The predicted molar refractivity (Wildman–Crippen MR) is 63.9 cm³/mol. The molecule has 1 aliphatic rings. The minimum absolute atomic E-state index is 0.00507. The lowest BCUT2D eigenvalue weighted by Gasteiger charge is -2.17. The number of hydrogen-bond acceptors (Lipinski definition) is 4. The summed E-state index contributed by atoms with van der Waals surface area (Å²) >= 11 is 0. The summed E-state index contributed by atoms with van der Waals surface area (Å²) < 4.78 is 44.4. The van der Waals surface area contributed by atoms with Crippen molar-refractivity contribution in [2.45, 2.75) is 31.2 Å². The van der Waals surface area contributed by atoms with Gasteiger partial charge in [0.25, 0.3) is 0 Å². The molecule has 0 bridgehead atoms. The van der Waals surface area contributed by atoms with Crippen molar-refractivity contribution in [3.63, 3.8) is 0 Å². The zero-order chi connectivity index (χ0) is 14.3. The molecule has 106 valence electrons. The standard InChI is InChI=1S/C13H12F3N3O/c14-8-5-7(6-9(15)10(8)16)11-18-12(20-19-11)13(17)3-1-2-4-13/h5-6H,1-4,17H2. The fourth-order valence-corrected chi connectivity index (χ4v) is 2.45. The molecule has 4 nitrogen and oxygen atoms in total. The van der Waals surface area contributed by atoms with Crippen LogP contribution in [0.3, 0.4) is 0 Å². The highest BCUT2D eigenvalue weighted by Crippen LogP contribution is 2.36. The fourth-order valence-electron chi connectivity index (χ4n) is 2.45. The third-order valence-electron chi connectivity index (χ3n) is 3.59. The lowest BCUT2D eigenvalue weighted by atomic mass is 9.99. The van der Waals surface area contributed by atoms with Gasteiger partial charge in [-0.05, 0) is 25.0 Å². The van der Waals surface area contributed by atoms with Gasteiger partial charge in [0.15, 0.2) is 17.5 Å². The van der Waals surface area contributed by atoms with Gasteiger partial charge in [0.1, 0.15) is 0 Å². The van der Waals surface area contributed by atoms with Gasteiger partial charge in [0.2, 0.25) is 11.7 Å². The van der Waals surface area contributed by atoms with Crippen LogP contribution < -0.4 is 5.73 Å². The predicted octanol–water partition coefficient (Wildman–Crippen LogP) is 2.88. The molecule has 1 heterocycles. The summed E-state index contributed by atoms with van der Waals surface area (Å²) in [4.78, 5) is 4.09. The van der Waals surface area contributed by atoms with E-state index in [0.29, 0.717) is 0 Å². The van der Waals surface area contributed by atoms with E-state index in [9.17, 15) is 13.2 Å². The van der Waals surface area contributed by atoms with E-state index < -0.39 is 23.0 Å². The van der Waals surface area contributed by atoms with E-state index in [1.54, 1.807) is 0 Å². The first kappa shape index (κ1) is 13.1. The van der Waals surface area contributed by atoms with Crippen LogP contribution in [-0.2, 0) is 5.54 Å². The minimum atomic E-state index is -1.52. The summed E-state index contributed by atoms with van der Waals surface area (Å²) in [6.45, 7) is 0. The Morgan fingerprint density at radius 1 is 1.10 bits per heavy atom. The van der Waals surface area contributed by atoms with Gasteiger partial charge in [-0.25, -0.2) is 13.2 Å². The highest BCUT2D eigenvalue weighted by atomic mass is 19.2. The topological polar surface area (TPSA) is 64.9 Å². The first-order valence-electron chi connectivity index (χ1n) is 6.27. The number of rotatable bonds is 2. The fraction of sp³-hybridized carbons (Fsp3) is 0.385. The third kappa shape index (κ3) is 2.07. The molecular weight excluding hydrogens is 271 g/mol. The summed E-state index contributed by atoms with van der Waals surface area (Å²) in [5, 5.41) is 3.67. The van der Waals surface area contributed by atoms with Crippen LogP contribution >= 0.6 is 0 Å². The van der Waals surface area contributed by atoms with Crippen LogP contribution in [-0.4, -0.2) is 10.1 Å². The molecule has 20 heavy (non-hydrogen) atoms. The zero-order valence-corrected chi connectivity index (χ0v) is 10.5. The molecule has 1 aromatic carbocycles. The molecule has 3 rings (SSSR count). The van der Waals surface area contributed by atoms with Crippen molar-refractivity contribution >= 4 is 0 Å². The number of nitrogens with zero attached hydrogens (tertiary/aromatic N) is 2. The molecule has 7 heteroatoms. The average Bonchev–Trinajstić information content (AvgIpc) is 3.05. The summed E-state index contributed by atoms with van der Waals surface area (Å²) in [5.74, 6) is -3.88. The monoisotopic (exact) mass is 283 g/mol. The molecule has 1 aromatic heterocycles. The highest BCUT2D eigenvalue weighted by Gasteiger charge is 2.37. The summed E-state index contributed by atoms with van der Waals surface area (Å²) in [6, 6.07) is 1.65. The van der Waals surface area contributed by atoms with Crippen molar-refractivity contribution in [2.75, 3.05) is 0 Å². The second-order valence-corrected chi connectivity index (χ2v) is 5.04. The van der Waals surface area contributed by atoms with Gasteiger partial charge in [-0.1, -0.05) is 18.0 Å². The van der Waals surface area contributed by atoms with E-state index in [2.05, 4.69) is 10.1 Å². The van der Waals surface area contributed by atoms with Crippen LogP contribution in [0.5, 0.6) is 0 Å². The Bertz CT molecular complexity index is 627. The molecule has 0 amide bonds. The van der Waals surface area contributed by atoms with Crippen molar-refractivity contribution in [3.8, 4) is 11.4 Å². The van der Waals surface area contributed by atoms with Gasteiger partial charge in [-0.15, -0.1) is 0 Å². The normalized spacial score (nSPS) is 17.6. The van der Waals surface area contributed by atoms with Crippen LogP contribution in [0.15, 0.2) is 16.7 Å². The lowest BCUT2D eigenvalue weighted by Crippen LogP contribution is -2.33. The van der Waals surface area contributed by atoms with Crippen molar-refractivity contribution < 1.29 is 17.7 Å². The smallest absolute Gasteiger partial charge is 0.247 e. The number of benzene rings is 1. The van der Waals surface area contributed by atoms with E-state index in [4.69, 9.17) is 10.3 Å². The largest absolute Gasteiger partial charge is 0.337 e. The van der Waals surface area contributed by atoms with Crippen molar-refractivity contribution in [3.05, 3.63) is 35.5 Å². The number of hydrogen-bond donors (Lipinski definition) is 1. The summed E-state index contributed by atoms with van der Waals surface area (Å²) in [5.41, 5.74) is 5.49. The molecule has 0 radical (unpaired) electrons. The molecule has 0 atom stereocenters. The van der Waals surface area contributed by atoms with Crippen molar-refractivity contribution in [1.29, 1.82) is 0 Å². The first-order chi connectivity index (χ1) is 9.49. The van der Waals surface area contributed by atoms with Gasteiger partial charge in [0.05, 0.1) is 5.54 Å². The molecule has 1 aliphatic carbocycles. The second-order valence-electron chi connectivity index (χ2n) is 5.04. The van der Waals surface area contributed by atoms with Gasteiger partial charge in [-0.2, -0.15) is 4.98 Å². The van der Waals surface area contributed by atoms with Crippen molar-refractivity contribution in [1.82, 2.24) is 10.1 Å². The SMILES string of the molecule is NC1(c2nc(-c3cc(F)c(F)c(F)c3)no2)CCCC1. The van der Waals surface area contributed by atoms with Crippen LogP contribution in [0, 0.1) is 17.5 Å². The second kappa shape index (κ2) is 4.59. The number of aromatic nitrogens is 2. The molecule has 1 fully saturated rings. The maximum Gasteiger partial charge on any atom is 0.247 e. The number of nitrogens with two attached hydrogens (primary N) is 1. The Balaban J connectivity index is 1.98. The molecule has 2 aromatic rings. The quantitative estimate of drug-likeness (QED) is 0.861. The Kier molecular flexibility index (Phi) is 3.01. The van der Waals surface area contributed by atoms with Gasteiger partial charge in [0, 0.05) is 5.56 Å². The van der Waals surface area contributed by atoms with Crippen molar-refractivity contribution in [2.24, 2.45) is 5.73 Å². The average molecular weight is 283 g/mol. The summed E-state index contributed by atoms with van der Waals surface area (Å²) in [7, 11) is 0. The Labute approximate surface area is 112 Å². The van der Waals surface area contributed by atoms with Crippen LogP contribution in [0.4, 0.5) is 13.2 Å². The van der Waals surface area contributed by atoms with E-state index >= 15 is 0 Å². The van der Waals surface area contributed by atoms with Crippen LogP contribution in [0.2, 0.25) is 0 Å². The lowest BCUT2D eigenvalue weighted by molar-refractivity contribution is 0.285. The highest BCUT2D eigenvalue weighted by molar-refractivity contribution is 5.54. The third-order valence-corrected chi connectivity index (χ3v) is 3.59. The molecule has 0 aliphatic heterocycles. The maximum atomic E-state index is 13.2. The minimum Gasteiger partial charge on any atom is -0.337 e. The van der Waals surface area contributed by atoms with Crippen LogP contribution in [0.1, 0.15) is 31.6 Å². The van der Waals surface area contributed by atoms with Gasteiger partial charge < -0.3 is 10.3 Å². The Morgan fingerprint density at radius 2 is 1.70 bits per heavy atom. The Hall–Kier alpha value is -1.89. The van der Waals surface area contributed by atoms with E-state index in [1.807, 2.05) is 0 Å². The van der Waals surface area contributed by atoms with E-state index in [-0.39, 0.29) is 17.3 Å². The molecule has 2 N–H and O–H groups in total. The molecule has 0 spiro atoms. The van der Waals surface area contributed by atoms with Crippen LogP contribution in [0.25, 0.3) is 11.4 Å². The molecule has 0 unspecified atom stereocenters. The van der Waals surface area contributed by atoms with Gasteiger partial charge >= 0.3 is 0 Å². The van der Waals surface area contributed by atoms with E-state index in [1.165, 1.54) is 0 Å². The Morgan fingerprint density at radius 3 is 2.30 bits per heavy atom. The van der Waals surface area contributed by atoms with Gasteiger partial charge in [-0.3, -0.25) is 0 Å². The maximum absolute atomic E-state index is 13.2. The molecular formula is C13H12F3N3O. The first-order valence-corrected chi connectivity index (χ1v) is 6.27. The summed E-state index contributed by atoms with van der Waals surface area (Å²) in [6.07, 6.45) is 3.38. The molecule has 0 saturated heterocycles. The molecule has 1 saturated carbocycles. The zero-order valence-electron chi connectivity index (χ0n) is 10.5.